The van der Waals surface area contributed by atoms with Crippen molar-refractivity contribution in [2.75, 3.05) is 6.61 Å². The van der Waals surface area contributed by atoms with Crippen LogP contribution in [-0.4, -0.2) is 22.5 Å². The Morgan fingerprint density at radius 1 is 1.31 bits per heavy atom. The lowest BCUT2D eigenvalue weighted by atomic mass is 10.2. The van der Waals surface area contributed by atoms with E-state index in [1.807, 2.05) is 0 Å². The van der Waals surface area contributed by atoms with Gasteiger partial charge in [-0.25, -0.2) is 4.57 Å². The van der Waals surface area contributed by atoms with Crippen LogP contribution in [0.25, 0.3) is 0 Å². The van der Waals surface area contributed by atoms with Gasteiger partial charge in [0.1, 0.15) is 0 Å². The Bertz CT molecular complexity index is 280. The molecule has 0 bridgehead atoms. The lowest BCUT2D eigenvalue weighted by Crippen LogP contribution is -2.17. The Kier molecular flexibility index (Phi) is 6.93. The van der Waals surface area contributed by atoms with Gasteiger partial charge in [-0.15, -0.1) is 0 Å². The summed E-state index contributed by atoms with van der Waals surface area (Å²) in [6.07, 6.45) is 0.0219. The van der Waals surface area contributed by atoms with Crippen molar-refractivity contribution in [2.45, 2.75) is 32.3 Å². The summed E-state index contributed by atoms with van der Waals surface area (Å²) in [4.78, 5) is 37.2. The molecule has 0 aliphatic rings. The van der Waals surface area contributed by atoms with Gasteiger partial charge in [0.05, 0.1) is 20.5 Å². The number of hydrogen-bond acceptors (Lipinski definition) is 6. The van der Waals surface area contributed by atoms with E-state index in [1.165, 1.54) is 0 Å². The smallest absolute Gasteiger partial charge is 0.469 e. The minimum Gasteiger partial charge on any atom is -0.790 e. The third-order valence-electron chi connectivity index (χ3n) is 1.66. The fourth-order valence-electron chi connectivity index (χ4n) is 1.01. The van der Waals surface area contributed by atoms with E-state index in [0.717, 1.165) is 0 Å². The maximum absolute atomic E-state index is 10.5. The monoisotopic (exact) mass is 276 g/mol. The summed E-state index contributed by atoms with van der Waals surface area (Å²) in [5.74, 6) is 0. The molecule has 0 aromatic rings. The van der Waals surface area contributed by atoms with Crippen LogP contribution in [-0.2, 0) is 18.2 Å². The fraction of sp³-hybridized carbons (Fsp3) is 1.00. The van der Waals surface area contributed by atoms with Crippen LogP contribution in [0.5, 0.6) is 0 Å². The maximum atomic E-state index is 10.5. The second-order valence-corrected chi connectivity index (χ2v) is 5.39. The highest BCUT2D eigenvalue weighted by Crippen LogP contribution is 2.39. The van der Waals surface area contributed by atoms with Crippen molar-refractivity contribution in [3.63, 3.8) is 0 Å². The number of rotatable bonds is 8. The molecule has 16 heavy (non-hydrogen) atoms. The van der Waals surface area contributed by atoms with Crippen LogP contribution in [0.1, 0.15) is 26.2 Å². The maximum Gasteiger partial charge on any atom is 0.469 e. The molecule has 0 saturated carbocycles. The molecule has 0 aromatic heterocycles. The van der Waals surface area contributed by atoms with Crippen LogP contribution in [0, 0.1) is 0 Å². The van der Waals surface area contributed by atoms with E-state index in [0.29, 0.717) is 6.42 Å². The van der Waals surface area contributed by atoms with Crippen molar-refractivity contribution in [3.05, 3.63) is 0 Å². The van der Waals surface area contributed by atoms with Gasteiger partial charge in [0, 0.05) is 0 Å². The average molecular weight is 276 g/mol. The summed E-state index contributed by atoms with van der Waals surface area (Å²) < 4.78 is 28.9. The van der Waals surface area contributed by atoms with Gasteiger partial charge in [0.2, 0.25) is 0 Å². The van der Waals surface area contributed by atoms with Gasteiger partial charge in [0.25, 0.3) is 0 Å². The second kappa shape index (κ2) is 6.83. The van der Waals surface area contributed by atoms with Crippen LogP contribution in [0.2, 0.25) is 0 Å². The molecule has 1 atom stereocenters. The van der Waals surface area contributed by atoms with E-state index in [-0.39, 0.29) is 19.4 Å². The third-order valence-corrected chi connectivity index (χ3v) is 2.73. The van der Waals surface area contributed by atoms with Gasteiger partial charge in [-0.2, -0.15) is 0 Å². The summed E-state index contributed by atoms with van der Waals surface area (Å²) >= 11 is 0. The molecule has 1 unspecified atom stereocenters. The molecule has 0 amide bonds. The van der Waals surface area contributed by atoms with Gasteiger partial charge >= 0.3 is 7.82 Å². The van der Waals surface area contributed by atoms with Crippen molar-refractivity contribution in [3.8, 4) is 0 Å². The first kappa shape index (κ1) is 16.2. The lowest BCUT2D eigenvalue weighted by Gasteiger charge is -2.28. The standard InChI is InChI=1S/C6H16O8P2/c1-2-6(14-16(10,11)12)4-3-5-13-15(7,8)9/h6H,2-5H2,1H3,(H2,7,8,9)(H2,10,11,12)/p-2. The molecule has 98 valence electrons. The van der Waals surface area contributed by atoms with Crippen molar-refractivity contribution in [2.24, 2.45) is 0 Å². The SMILES string of the molecule is CCC(CCCOP(=O)([O-])[O-])OP(=O)(O)O. The highest BCUT2D eigenvalue weighted by molar-refractivity contribution is 7.46. The molecule has 0 radical (unpaired) electrons. The zero-order chi connectivity index (χ0) is 12.8. The molecular weight excluding hydrogens is 262 g/mol. The largest absolute Gasteiger partial charge is 0.790 e. The van der Waals surface area contributed by atoms with E-state index < -0.39 is 21.7 Å². The first-order valence-electron chi connectivity index (χ1n) is 4.54. The van der Waals surface area contributed by atoms with Crippen LogP contribution in [0.3, 0.4) is 0 Å². The quantitative estimate of drug-likeness (QED) is 0.446. The third kappa shape index (κ3) is 10.7. The van der Waals surface area contributed by atoms with E-state index in [2.05, 4.69) is 9.05 Å². The molecule has 0 aromatic carbocycles. The van der Waals surface area contributed by atoms with Gasteiger partial charge in [-0.1, -0.05) is 6.92 Å². The summed E-state index contributed by atoms with van der Waals surface area (Å²) in [7, 11) is -9.51. The number of phosphoric acid groups is 2. The Balaban J connectivity index is 3.81. The average Bonchev–Trinajstić information content (AvgIpc) is 2.06. The van der Waals surface area contributed by atoms with Crippen molar-refractivity contribution >= 4 is 15.6 Å². The van der Waals surface area contributed by atoms with Gasteiger partial charge in [-0.05, 0) is 19.3 Å². The predicted octanol–water partition coefficient (Wildman–Crippen LogP) is -0.500. The molecular formula is C6H14O8P2-2. The molecule has 0 aliphatic carbocycles. The molecule has 0 aliphatic heterocycles. The Morgan fingerprint density at radius 3 is 2.25 bits per heavy atom. The van der Waals surface area contributed by atoms with Crippen LogP contribution in [0.4, 0.5) is 0 Å². The first-order valence-corrected chi connectivity index (χ1v) is 7.53. The minimum absolute atomic E-state index is 0.160. The zero-order valence-corrected chi connectivity index (χ0v) is 10.4. The second-order valence-electron chi connectivity index (χ2n) is 3.05. The van der Waals surface area contributed by atoms with E-state index in [9.17, 15) is 18.9 Å². The molecule has 0 rings (SSSR count). The fourth-order valence-corrected chi connectivity index (χ4v) is 2.01. The first-order chi connectivity index (χ1) is 7.14. The topological polar surface area (TPSA) is 139 Å². The summed E-state index contributed by atoms with van der Waals surface area (Å²) in [5.41, 5.74) is 0. The minimum atomic E-state index is -4.97. The van der Waals surface area contributed by atoms with E-state index >= 15 is 0 Å². The number of hydrogen-bond donors (Lipinski definition) is 2. The van der Waals surface area contributed by atoms with Crippen LogP contribution >= 0.6 is 15.6 Å². The van der Waals surface area contributed by atoms with Crippen molar-refractivity contribution in [1.82, 2.24) is 0 Å². The molecule has 10 heteroatoms. The lowest BCUT2D eigenvalue weighted by molar-refractivity contribution is -0.341. The molecule has 0 heterocycles. The number of phosphoric ester groups is 2. The molecule has 2 N–H and O–H groups in total. The molecule has 0 fully saturated rings. The molecule has 8 nitrogen and oxygen atoms in total. The van der Waals surface area contributed by atoms with Crippen LogP contribution < -0.4 is 9.79 Å². The van der Waals surface area contributed by atoms with E-state index in [1.54, 1.807) is 6.92 Å². The highest BCUT2D eigenvalue weighted by Gasteiger charge is 2.20. The van der Waals surface area contributed by atoms with E-state index in [4.69, 9.17) is 9.79 Å². The van der Waals surface area contributed by atoms with Crippen LogP contribution in [0.15, 0.2) is 0 Å². The van der Waals surface area contributed by atoms with Crippen molar-refractivity contribution in [1.29, 1.82) is 0 Å². The normalized spacial score (nSPS) is 15.1. The van der Waals surface area contributed by atoms with Gasteiger partial charge in [-0.3, -0.25) is 4.52 Å². The van der Waals surface area contributed by atoms with Crippen molar-refractivity contribution < 1.29 is 37.8 Å². The van der Waals surface area contributed by atoms with Gasteiger partial charge < -0.3 is 28.7 Å². The molecule has 0 spiro atoms. The Hall–Kier alpha value is 0.220. The summed E-state index contributed by atoms with van der Waals surface area (Å²) in [5, 5.41) is 0. The molecule has 0 saturated heterocycles. The van der Waals surface area contributed by atoms with Gasteiger partial charge in [0.15, 0.2) is 0 Å². The summed E-state index contributed by atoms with van der Waals surface area (Å²) in [6, 6.07) is 0. The highest BCUT2D eigenvalue weighted by atomic mass is 31.2. The predicted molar refractivity (Wildman–Crippen MR) is 50.0 cm³/mol. The summed E-state index contributed by atoms with van der Waals surface area (Å²) in [6.45, 7) is 1.35. The zero-order valence-electron chi connectivity index (χ0n) is 8.64. The Morgan fingerprint density at radius 2 is 1.88 bits per heavy atom. The Labute approximate surface area is 93.1 Å².